The Labute approximate surface area is 180 Å². The highest BCUT2D eigenvalue weighted by molar-refractivity contribution is 5.88. The fourth-order valence-corrected chi connectivity index (χ4v) is 3.89. The number of fused-ring (bicyclic) bond motifs is 3. The number of carbonyl (C=O) groups is 3. The minimum atomic E-state index is -1.20. The second kappa shape index (κ2) is 10.1. The number of rotatable bonds is 9. The van der Waals surface area contributed by atoms with Gasteiger partial charge in [0.15, 0.2) is 0 Å². The van der Waals surface area contributed by atoms with Crippen molar-refractivity contribution in [2.24, 2.45) is 0 Å². The first kappa shape index (κ1) is 22.3. The number of hydrogen-bond acceptors (Lipinski definition) is 5. The molecule has 1 aliphatic carbocycles. The third kappa shape index (κ3) is 5.03. The van der Waals surface area contributed by atoms with Gasteiger partial charge in [0.1, 0.15) is 19.2 Å². The molecule has 1 unspecified atom stereocenters. The monoisotopic (exact) mass is 426 g/mol. The van der Waals surface area contributed by atoms with Gasteiger partial charge in [-0.05, 0) is 28.7 Å². The van der Waals surface area contributed by atoms with Crippen LogP contribution < -0.4 is 5.32 Å². The van der Waals surface area contributed by atoms with Crippen molar-refractivity contribution in [1.82, 2.24) is 10.2 Å². The van der Waals surface area contributed by atoms with Crippen molar-refractivity contribution in [2.45, 2.75) is 25.3 Å². The van der Waals surface area contributed by atoms with Gasteiger partial charge in [0, 0.05) is 12.5 Å². The Balaban J connectivity index is 1.65. The molecule has 0 spiro atoms. The van der Waals surface area contributed by atoms with Crippen LogP contribution in [-0.2, 0) is 14.3 Å². The predicted octanol–water partition coefficient (Wildman–Crippen LogP) is 2.21. The molecule has 3 rings (SSSR count). The van der Waals surface area contributed by atoms with Crippen LogP contribution >= 0.6 is 0 Å². The molecule has 0 heterocycles. The van der Waals surface area contributed by atoms with Gasteiger partial charge >= 0.3 is 12.1 Å². The van der Waals surface area contributed by atoms with E-state index < -0.39 is 30.6 Å². The van der Waals surface area contributed by atoms with Crippen molar-refractivity contribution in [1.29, 1.82) is 0 Å². The number of nitrogens with one attached hydrogen (secondary N) is 1. The first-order valence-electron chi connectivity index (χ1n) is 10.2. The lowest BCUT2D eigenvalue weighted by Crippen LogP contribution is -2.50. The molecule has 3 N–H and O–H groups in total. The fourth-order valence-electron chi connectivity index (χ4n) is 3.89. The molecule has 1 atom stereocenters. The number of aliphatic hydroxyl groups excluding tert-OH is 1. The summed E-state index contributed by atoms with van der Waals surface area (Å²) in [5.41, 5.74) is 4.38. The molecule has 0 aliphatic heterocycles. The zero-order valence-corrected chi connectivity index (χ0v) is 17.3. The molecule has 1 aliphatic rings. The quantitative estimate of drug-likeness (QED) is 0.566. The van der Waals surface area contributed by atoms with E-state index in [0.717, 1.165) is 27.2 Å². The van der Waals surface area contributed by atoms with Gasteiger partial charge < -0.3 is 25.2 Å². The summed E-state index contributed by atoms with van der Waals surface area (Å²) in [4.78, 5) is 37.0. The molecule has 8 nitrogen and oxygen atoms in total. The van der Waals surface area contributed by atoms with Crippen LogP contribution in [0.5, 0.6) is 0 Å². The molecule has 0 fully saturated rings. The summed E-state index contributed by atoms with van der Waals surface area (Å²) < 4.78 is 5.46. The van der Waals surface area contributed by atoms with Crippen LogP contribution in [0.1, 0.15) is 30.4 Å². The maximum absolute atomic E-state index is 12.6. The number of amides is 2. The van der Waals surface area contributed by atoms with Crippen LogP contribution in [0.4, 0.5) is 4.79 Å². The number of carboxylic acids is 1. The van der Waals surface area contributed by atoms with Crippen LogP contribution in [0, 0.1) is 0 Å². The van der Waals surface area contributed by atoms with Crippen LogP contribution in [0.25, 0.3) is 11.1 Å². The second-order valence-corrected chi connectivity index (χ2v) is 7.31. The van der Waals surface area contributed by atoms with E-state index in [0.29, 0.717) is 0 Å². The average Bonchev–Trinajstić information content (AvgIpc) is 3.09. The third-order valence-electron chi connectivity index (χ3n) is 5.35. The summed E-state index contributed by atoms with van der Waals surface area (Å²) in [6.45, 7) is 0.751. The van der Waals surface area contributed by atoms with Gasteiger partial charge in [-0.3, -0.25) is 9.59 Å². The van der Waals surface area contributed by atoms with Crippen LogP contribution in [0.2, 0.25) is 0 Å². The normalized spacial score (nSPS) is 13.1. The lowest BCUT2D eigenvalue weighted by molar-refractivity contribution is -0.145. The van der Waals surface area contributed by atoms with Gasteiger partial charge in [-0.2, -0.15) is 0 Å². The van der Waals surface area contributed by atoms with Gasteiger partial charge in [-0.25, -0.2) is 4.79 Å². The maximum atomic E-state index is 12.6. The molecular weight excluding hydrogens is 400 g/mol. The van der Waals surface area contributed by atoms with E-state index >= 15 is 0 Å². The molecule has 2 aromatic carbocycles. The first-order valence-corrected chi connectivity index (χ1v) is 10.2. The van der Waals surface area contributed by atoms with E-state index in [2.05, 4.69) is 5.32 Å². The summed E-state index contributed by atoms with van der Waals surface area (Å²) >= 11 is 0. The van der Waals surface area contributed by atoms with E-state index in [1.54, 1.807) is 6.92 Å². The Morgan fingerprint density at radius 1 is 1.06 bits per heavy atom. The van der Waals surface area contributed by atoms with Crippen molar-refractivity contribution in [2.75, 3.05) is 26.3 Å². The molecule has 8 heteroatoms. The standard InChI is InChI=1S/C23H26N2O6/c1-2-20(22(29)25(11-12-26)13-21(27)28)24-23(30)31-14-19-17-9-5-3-7-15(17)16-8-4-6-10-18(16)19/h3-10,19-20,26H,2,11-14H2,1H3,(H,24,30)(H,27,28). The summed E-state index contributed by atoms with van der Waals surface area (Å²) in [5, 5.41) is 20.6. The Morgan fingerprint density at radius 3 is 2.16 bits per heavy atom. The molecule has 0 radical (unpaired) electrons. The second-order valence-electron chi connectivity index (χ2n) is 7.31. The first-order chi connectivity index (χ1) is 15.0. The van der Waals surface area contributed by atoms with E-state index in [9.17, 15) is 14.4 Å². The van der Waals surface area contributed by atoms with Gasteiger partial charge in [-0.15, -0.1) is 0 Å². The number of nitrogens with zero attached hydrogens (tertiary/aromatic N) is 1. The zero-order chi connectivity index (χ0) is 22.4. The Kier molecular flexibility index (Phi) is 7.25. The number of aliphatic hydroxyl groups is 1. The Bertz CT molecular complexity index is 915. The number of carboxylic acid groups (broad SMARTS) is 1. The molecule has 2 aromatic rings. The summed E-state index contributed by atoms with van der Waals surface area (Å²) in [5.74, 6) is -1.88. The van der Waals surface area contributed by atoms with Gasteiger partial charge in [-0.1, -0.05) is 55.5 Å². The maximum Gasteiger partial charge on any atom is 0.407 e. The minimum absolute atomic E-state index is 0.105. The summed E-state index contributed by atoms with van der Waals surface area (Å²) in [7, 11) is 0. The highest BCUT2D eigenvalue weighted by Crippen LogP contribution is 2.44. The van der Waals surface area contributed by atoms with Crippen molar-refractivity contribution in [3.63, 3.8) is 0 Å². The third-order valence-corrected chi connectivity index (χ3v) is 5.35. The van der Waals surface area contributed by atoms with E-state index in [1.807, 2.05) is 48.5 Å². The molecular formula is C23H26N2O6. The Morgan fingerprint density at radius 2 is 1.65 bits per heavy atom. The summed E-state index contributed by atoms with van der Waals surface area (Å²) in [6, 6.07) is 15.0. The highest BCUT2D eigenvalue weighted by atomic mass is 16.5. The number of benzene rings is 2. The van der Waals surface area contributed by atoms with Crippen LogP contribution in [-0.4, -0.2) is 65.4 Å². The van der Waals surface area contributed by atoms with E-state index in [1.165, 1.54) is 0 Å². The fraction of sp³-hybridized carbons (Fsp3) is 0.348. The zero-order valence-electron chi connectivity index (χ0n) is 17.3. The number of carbonyl (C=O) groups excluding carboxylic acids is 2. The van der Waals surface area contributed by atoms with Crippen LogP contribution in [0.15, 0.2) is 48.5 Å². The SMILES string of the molecule is CCC(NC(=O)OCC1c2ccccc2-c2ccccc21)C(=O)N(CCO)CC(=O)O. The van der Waals surface area contributed by atoms with Crippen LogP contribution in [0.3, 0.4) is 0 Å². The lowest BCUT2D eigenvalue weighted by atomic mass is 9.98. The van der Waals surface area contributed by atoms with Crippen molar-refractivity contribution < 1.29 is 29.3 Å². The number of hydrogen-bond donors (Lipinski definition) is 3. The van der Waals surface area contributed by atoms with Crippen molar-refractivity contribution in [3.05, 3.63) is 59.7 Å². The summed E-state index contributed by atoms with van der Waals surface area (Å²) in [6.07, 6.45) is -0.494. The van der Waals surface area contributed by atoms with Gasteiger partial charge in [0.25, 0.3) is 0 Å². The number of aliphatic carboxylic acids is 1. The van der Waals surface area contributed by atoms with Crippen molar-refractivity contribution >= 4 is 18.0 Å². The lowest BCUT2D eigenvalue weighted by Gasteiger charge is -2.25. The van der Waals surface area contributed by atoms with E-state index in [4.69, 9.17) is 14.9 Å². The molecule has 0 saturated carbocycles. The number of alkyl carbamates (subject to hydrolysis) is 1. The predicted molar refractivity (Wildman–Crippen MR) is 114 cm³/mol. The molecule has 0 aromatic heterocycles. The molecule has 164 valence electrons. The minimum Gasteiger partial charge on any atom is -0.480 e. The van der Waals surface area contributed by atoms with E-state index in [-0.39, 0.29) is 32.1 Å². The van der Waals surface area contributed by atoms with Crippen molar-refractivity contribution in [3.8, 4) is 11.1 Å². The molecule has 31 heavy (non-hydrogen) atoms. The smallest absolute Gasteiger partial charge is 0.407 e. The largest absolute Gasteiger partial charge is 0.480 e. The number of ether oxygens (including phenoxy) is 1. The molecule has 0 saturated heterocycles. The molecule has 2 amide bonds. The van der Waals surface area contributed by atoms with Gasteiger partial charge in [0.05, 0.1) is 6.61 Å². The topological polar surface area (TPSA) is 116 Å². The van der Waals surface area contributed by atoms with Gasteiger partial charge in [0.2, 0.25) is 5.91 Å². The molecule has 0 bridgehead atoms. The Hall–Kier alpha value is -3.39. The average molecular weight is 426 g/mol. The highest BCUT2D eigenvalue weighted by Gasteiger charge is 2.30.